The fraction of sp³-hybridized carbons (Fsp3) is 0.529. The van der Waals surface area contributed by atoms with E-state index in [2.05, 4.69) is 54.2 Å². The summed E-state index contributed by atoms with van der Waals surface area (Å²) < 4.78 is 0. The SMILES string of the molecule is CN1CC=C(c2ccccc2[C@@H]2CCCN2C)CC1. The van der Waals surface area contributed by atoms with E-state index < -0.39 is 0 Å². The molecule has 2 aliphatic rings. The molecular weight excluding hydrogens is 232 g/mol. The fourth-order valence-corrected chi connectivity index (χ4v) is 3.40. The second kappa shape index (κ2) is 5.48. The molecule has 0 unspecified atom stereocenters. The van der Waals surface area contributed by atoms with Crippen LogP contribution in [0.15, 0.2) is 30.3 Å². The molecule has 0 aliphatic carbocycles. The summed E-state index contributed by atoms with van der Waals surface area (Å²) >= 11 is 0. The molecule has 2 heterocycles. The Labute approximate surface area is 116 Å². The second-order valence-electron chi connectivity index (χ2n) is 5.97. The highest BCUT2D eigenvalue weighted by Gasteiger charge is 2.25. The molecule has 1 aromatic rings. The lowest BCUT2D eigenvalue weighted by Crippen LogP contribution is -2.24. The number of likely N-dealkylation sites (N-methyl/N-ethyl adjacent to an activating group) is 1. The minimum absolute atomic E-state index is 0.622. The number of hydrogen-bond acceptors (Lipinski definition) is 2. The third kappa shape index (κ3) is 2.60. The van der Waals surface area contributed by atoms with Crippen LogP contribution in [0, 0.1) is 0 Å². The molecule has 1 fully saturated rings. The standard InChI is InChI=1S/C17H24N2/c1-18-12-9-14(10-13-18)15-6-3-4-7-16(15)17-8-5-11-19(17)2/h3-4,6-7,9,17H,5,8,10-13H2,1-2H3/t17-/m0/s1. The van der Waals surface area contributed by atoms with Crippen LogP contribution >= 0.6 is 0 Å². The molecule has 0 aromatic heterocycles. The lowest BCUT2D eigenvalue weighted by Gasteiger charge is -2.27. The van der Waals surface area contributed by atoms with Crippen LogP contribution in [0.1, 0.15) is 36.4 Å². The van der Waals surface area contributed by atoms with Crippen LogP contribution in [0.3, 0.4) is 0 Å². The van der Waals surface area contributed by atoms with E-state index in [0.717, 1.165) is 6.54 Å². The summed E-state index contributed by atoms with van der Waals surface area (Å²) in [4.78, 5) is 4.89. The molecule has 19 heavy (non-hydrogen) atoms. The number of rotatable bonds is 2. The molecule has 1 atom stereocenters. The lowest BCUT2D eigenvalue weighted by atomic mass is 9.90. The van der Waals surface area contributed by atoms with Crippen molar-refractivity contribution >= 4 is 5.57 Å². The van der Waals surface area contributed by atoms with Crippen LogP contribution < -0.4 is 0 Å². The van der Waals surface area contributed by atoms with E-state index >= 15 is 0 Å². The number of hydrogen-bond donors (Lipinski definition) is 0. The molecule has 0 radical (unpaired) electrons. The quantitative estimate of drug-likeness (QED) is 0.802. The topological polar surface area (TPSA) is 6.48 Å². The molecule has 0 N–H and O–H groups in total. The molecule has 0 amide bonds. The van der Waals surface area contributed by atoms with Crippen molar-refractivity contribution in [3.8, 4) is 0 Å². The molecule has 102 valence electrons. The highest BCUT2D eigenvalue weighted by atomic mass is 15.1. The zero-order valence-electron chi connectivity index (χ0n) is 12.1. The summed E-state index contributed by atoms with van der Waals surface area (Å²) in [6.07, 6.45) is 6.24. The van der Waals surface area contributed by atoms with Gasteiger partial charge in [-0.2, -0.15) is 0 Å². The van der Waals surface area contributed by atoms with Gasteiger partial charge in [0.05, 0.1) is 0 Å². The zero-order chi connectivity index (χ0) is 13.2. The summed E-state index contributed by atoms with van der Waals surface area (Å²) in [5.41, 5.74) is 4.58. The van der Waals surface area contributed by atoms with E-state index in [1.165, 1.54) is 37.9 Å². The van der Waals surface area contributed by atoms with Gasteiger partial charge in [0.25, 0.3) is 0 Å². The predicted molar refractivity (Wildman–Crippen MR) is 81.1 cm³/mol. The van der Waals surface area contributed by atoms with E-state index in [-0.39, 0.29) is 0 Å². The Morgan fingerprint density at radius 2 is 1.95 bits per heavy atom. The summed E-state index contributed by atoms with van der Waals surface area (Å²) in [5.74, 6) is 0. The Morgan fingerprint density at radius 3 is 2.63 bits per heavy atom. The Hall–Kier alpha value is -1.12. The minimum atomic E-state index is 0.622. The van der Waals surface area contributed by atoms with Gasteiger partial charge in [0.2, 0.25) is 0 Å². The lowest BCUT2D eigenvalue weighted by molar-refractivity contribution is 0.317. The number of nitrogens with zero attached hydrogens (tertiary/aromatic N) is 2. The van der Waals surface area contributed by atoms with Crippen LogP contribution in [0.25, 0.3) is 5.57 Å². The maximum absolute atomic E-state index is 2.51. The normalized spacial score (nSPS) is 25.6. The third-order valence-corrected chi connectivity index (χ3v) is 4.60. The van der Waals surface area contributed by atoms with Crippen LogP contribution in [0.4, 0.5) is 0 Å². The van der Waals surface area contributed by atoms with Gasteiger partial charge in [0.15, 0.2) is 0 Å². The van der Waals surface area contributed by atoms with Crippen molar-refractivity contribution in [3.63, 3.8) is 0 Å². The van der Waals surface area contributed by atoms with E-state index in [4.69, 9.17) is 0 Å². The molecule has 0 saturated carbocycles. The molecular formula is C17H24N2. The van der Waals surface area contributed by atoms with Gasteiger partial charge in [0, 0.05) is 19.1 Å². The number of benzene rings is 1. The zero-order valence-corrected chi connectivity index (χ0v) is 12.1. The molecule has 2 aliphatic heterocycles. The monoisotopic (exact) mass is 256 g/mol. The third-order valence-electron chi connectivity index (χ3n) is 4.60. The van der Waals surface area contributed by atoms with E-state index in [1.807, 2.05) is 0 Å². The minimum Gasteiger partial charge on any atom is -0.302 e. The maximum Gasteiger partial charge on any atom is 0.0351 e. The van der Waals surface area contributed by atoms with Crippen molar-refractivity contribution in [3.05, 3.63) is 41.5 Å². The Morgan fingerprint density at radius 1 is 1.11 bits per heavy atom. The van der Waals surface area contributed by atoms with Crippen molar-refractivity contribution in [1.82, 2.24) is 9.80 Å². The Kier molecular flexibility index (Phi) is 3.72. The first kappa shape index (κ1) is 12.9. The van der Waals surface area contributed by atoms with Gasteiger partial charge in [-0.05, 0) is 56.6 Å². The first-order chi connectivity index (χ1) is 9.25. The van der Waals surface area contributed by atoms with E-state index in [9.17, 15) is 0 Å². The molecule has 0 spiro atoms. The van der Waals surface area contributed by atoms with E-state index in [1.54, 1.807) is 11.1 Å². The van der Waals surface area contributed by atoms with Crippen molar-refractivity contribution in [2.45, 2.75) is 25.3 Å². The largest absolute Gasteiger partial charge is 0.302 e. The van der Waals surface area contributed by atoms with Crippen LogP contribution in [0.2, 0.25) is 0 Å². The average molecular weight is 256 g/mol. The maximum atomic E-state index is 2.51. The van der Waals surface area contributed by atoms with E-state index in [0.29, 0.717) is 6.04 Å². The van der Waals surface area contributed by atoms with Crippen LogP contribution in [-0.4, -0.2) is 43.5 Å². The van der Waals surface area contributed by atoms with Gasteiger partial charge in [0.1, 0.15) is 0 Å². The summed E-state index contributed by atoms with van der Waals surface area (Å²) in [6, 6.07) is 9.66. The van der Waals surface area contributed by atoms with Gasteiger partial charge < -0.3 is 4.90 Å². The molecule has 3 rings (SSSR count). The first-order valence-corrected chi connectivity index (χ1v) is 7.43. The molecule has 2 nitrogen and oxygen atoms in total. The highest BCUT2D eigenvalue weighted by molar-refractivity contribution is 5.69. The highest BCUT2D eigenvalue weighted by Crippen LogP contribution is 2.36. The van der Waals surface area contributed by atoms with Gasteiger partial charge in [-0.25, -0.2) is 0 Å². The van der Waals surface area contributed by atoms with Crippen LogP contribution in [-0.2, 0) is 0 Å². The molecule has 1 saturated heterocycles. The Balaban J connectivity index is 1.93. The van der Waals surface area contributed by atoms with Crippen molar-refractivity contribution in [1.29, 1.82) is 0 Å². The predicted octanol–water partition coefficient (Wildman–Crippen LogP) is 3.17. The summed E-state index contributed by atoms with van der Waals surface area (Å²) in [7, 11) is 4.46. The van der Waals surface area contributed by atoms with Gasteiger partial charge in [-0.15, -0.1) is 0 Å². The van der Waals surface area contributed by atoms with Crippen molar-refractivity contribution in [2.75, 3.05) is 33.7 Å². The summed E-state index contributed by atoms with van der Waals surface area (Å²) in [6.45, 7) is 3.51. The van der Waals surface area contributed by atoms with Crippen LogP contribution in [0.5, 0.6) is 0 Å². The molecule has 0 bridgehead atoms. The van der Waals surface area contributed by atoms with Gasteiger partial charge >= 0.3 is 0 Å². The van der Waals surface area contributed by atoms with Crippen molar-refractivity contribution in [2.24, 2.45) is 0 Å². The smallest absolute Gasteiger partial charge is 0.0351 e. The van der Waals surface area contributed by atoms with Gasteiger partial charge in [-0.3, -0.25) is 4.90 Å². The number of likely N-dealkylation sites (tertiary alicyclic amines) is 1. The average Bonchev–Trinajstić information content (AvgIpc) is 2.86. The van der Waals surface area contributed by atoms with Crippen molar-refractivity contribution < 1.29 is 0 Å². The van der Waals surface area contributed by atoms with Gasteiger partial charge in [-0.1, -0.05) is 30.3 Å². The Bertz CT molecular complexity index is 478. The summed E-state index contributed by atoms with van der Waals surface area (Å²) in [5, 5.41) is 0. The second-order valence-corrected chi connectivity index (χ2v) is 5.97. The first-order valence-electron chi connectivity index (χ1n) is 7.43. The molecule has 2 heteroatoms. The fourth-order valence-electron chi connectivity index (χ4n) is 3.40. The molecule has 1 aromatic carbocycles.